The zero-order chi connectivity index (χ0) is 22.2. The number of carbonyl (C=O) groups is 1. The molecule has 0 radical (unpaired) electrons. The SMILES string of the molecule is COc1cc(NS(=O)C2CC2)ccc1-c1cnc(N)c(-c2ccc3c(c2)CCNC3=O)c1. The molecule has 8 heteroatoms. The van der Waals surface area contributed by atoms with Crippen LogP contribution in [-0.2, 0) is 17.4 Å². The summed E-state index contributed by atoms with van der Waals surface area (Å²) in [6, 6.07) is 13.4. The van der Waals surface area contributed by atoms with Crippen molar-refractivity contribution in [3.05, 3.63) is 59.8 Å². The van der Waals surface area contributed by atoms with E-state index in [1.165, 1.54) is 0 Å². The van der Waals surface area contributed by atoms with Crippen molar-refractivity contribution in [2.75, 3.05) is 24.1 Å². The van der Waals surface area contributed by atoms with Crippen LogP contribution in [0.5, 0.6) is 5.75 Å². The number of anilines is 2. The summed E-state index contributed by atoms with van der Waals surface area (Å²) in [5.41, 5.74) is 12.1. The van der Waals surface area contributed by atoms with Gasteiger partial charge in [-0.25, -0.2) is 9.19 Å². The summed E-state index contributed by atoms with van der Waals surface area (Å²) in [5.74, 6) is 1.03. The summed E-state index contributed by atoms with van der Waals surface area (Å²) in [6.07, 6.45) is 4.51. The van der Waals surface area contributed by atoms with Crippen molar-refractivity contribution in [1.82, 2.24) is 10.3 Å². The summed E-state index contributed by atoms with van der Waals surface area (Å²) >= 11 is 0. The molecule has 2 aromatic carbocycles. The Bertz CT molecular complexity index is 1240. The van der Waals surface area contributed by atoms with Crippen molar-refractivity contribution in [2.24, 2.45) is 0 Å². The number of benzene rings is 2. The van der Waals surface area contributed by atoms with Crippen LogP contribution in [0.25, 0.3) is 22.3 Å². The number of rotatable bonds is 6. The van der Waals surface area contributed by atoms with Gasteiger partial charge in [0.2, 0.25) is 0 Å². The summed E-state index contributed by atoms with van der Waals surface area (Å²) in [7, 11) is 0.540. The number of nitrogen functional groups attached to an aromatic ring is 1. The Morgan fingerprint density at radius 3 is 2.69 bits per heavy atom. The van der Waals surface area contributed by atoms with Crippen molar-refractivity contribution >= 4 is 28.4 Å². The summed E-state index contributed by atoms with van der Waals surface area (Å²) < 4.78 is 20.9. The molecule has 1 saturated carbocycles. The highest BCUT2D eigenvalue weighted by Crippen LogP contribution is 2.37. The van der Waals surface area contributed by atoms with E-state index < -0.39 is 11.0 Å². The van der Waals surface area contributed by atoms with Gasteiger partial charge in [-0.2, -0.15) is 0 Å². The first-order valence-corrected chi connectivity index (χ1v) is 11.8. The van der Waals surface area contributed by atoms with Gasteiger partial charge >= 0.3 is 0 Å². The number of amides is 1. The number of pyridine rings is 1. The molecule has 3 aromatic rings. The van der Waals surface area contributed by atoms with E-state index in [0.717, 1.165) is 52.8 Å². The van der Waals surface area contributed by atoms with Gasteiger partial charge in [0.1, 0.15) is 22.6 Å². The molecule has 1 amide bonds. The number of nitrogens with one attached hydrogen (secondary N) is 2. The van der Waals surface area contributed by atoms with Crippen molar-refractivity contribution in [1.29, 1.82) is 0 Å². The van der Waals surface area contributed by atoms with Crippen LogP contribution in [0.15, 0.2) is 48.7 Å². The molecule has 1 atom stereocenters. The third kappa shape index (κ3) is 3.93. The lowest BCUT2D eigenvalue weighted by Gasteiger charge is -2.18. The van der Waals surface area contributed by atoms with Crippen LogP contribution < -0.4 is 20.5 Å². The molecule has 4 N–H and O–H groups in total. The molecule has 2 heterocycles. The van der Waals surface area contributed by atoms with Gasteiger partial charge in [0.15, 0.2) is 0 Å². The van der Waals surface area contributed by atoms with Crippen molar-refractivity contribution in [3.63, 3.8) is 0 Å². The molecule has 7 nitrogen and oxygen atoms in total. The van der Waals surface area contributed by atoms with E-state index in [1.807, 2.05) is 42.5 Å². The Balaban J connectivity index is 1.50. The lowest BCUT2D eigenvalue weighted by Crippen LogP contribution is -2.31. The van der Waals surface area contributed by atoms with Crippen LogP contribution in [0.1, 0.15) is 28.8 Å². The average Bonchev–Trinajstić information content (AvgIpc) is 3.65. The van der Waals surface area contributed by atoms with Crippen molar-refractivity contribution < 1.29 is 13.7 Å². The normalized spacial score (nSPS) is 16.1. The van der Waals surface area contributed by atoms with Crippen LogP contribution in [-0.4, -0.2) is 34.0 Å². The minimum atomic E-state index is -1.07. The number of carbonyl (C=O) groups excluding carboxylic acids is 1. The Labute approximate surface area is 189 Å². The fraction of sp³-hybridized carbons (Fsp3) is 0.250. The van der Waals surface area contributed by atoms with E-state index >= 15 is 0 Å². The molecular formula is C24H24N4O3S. The predicted octanol–water partition coefficient (Wildman–Crippen LogP) is 3.53. The molecule has 0 saturated heterocycles. The van der Waals surface area contributed by atoms with Gasteiger partial charge in [-0.15, -0.1) is 0 Å². The van der Waals surface area contributed by atoms with Crippen LogP contribution in [0, 0.1) is 0 Å². The Kier molecular flexibility index (Phi) is 5.30. The second-order valence-electron chi connectivity index (χ2n) is 8.05. The third-order valence-corrected chi connectivity index (χ3v) is 7.33. The fourth-order valence-electron chi connectivity index (χ4n) is 3.92. The lowest BCUT2D eigenvalue weighted by molar-refractivity contribution is 0.0946. The van der Waals surface area contributed by atoms with Gasteiger partial charge < -0.3 is 20.5 Å². The van der Waals surface area contributed by atoms with Crippen LogP contribution in [0.4, 0.5) is 11.5 Å². The van der Waals surface area contributed by atoms with Gasteiger partial charge in [0, 0.05) is 46.7 Å². The molecule has 0 bridgehead atoms. The second kappa shape index (κ2) is 8.27. The topological polar surface area (TPSA) is 106 Å². The summed E-state index contributed by atoms with van der Waals surface area (Å²) in [4.78, 5) is 16.5. The van der Waals surface area contributed by atoms with Gasteiger partial charge in [0.25, 0.3) is 5.91 Å². The number of hydrogen-bond donors (Lipinski definition) is 3. The molecule has 1 fully saturated rings. The molecular weight excluding hydrogens is 424 g/mol. The zero-order valence-corrected chi connectivity index (χ0v) is 18.5. The molecule has 32 heavy (non-hydrogen) atoms. The summed E-state index contributed by atoms with van der Waals surface area (Å²) in [6.45, 7) is 0.631. The van der Waals surface area contributed by atoms with Crippen LogP contribution >= 0.6 is 0 Å². The van der Waals surface area contributed by atoms with E-state index in [1.54, 1.807) is 13.3 Å². The van der Waals surface area contributed by atoms with Gasteiger partial charge in [0.05, 0.1) is 12.4 Å². The second-order valence-corrected chi connectivity index (χ2v) is 9.51. The molecule has 1 unspecified atom stereocenters. The van der Waals surface area contributed by atoms with Crippen molar-refractivity contribution in [2.45, 2.75) is 24.5 Å². The van der Waals surface area contributed by atoms with E-state index in [9.17, 15) is 9.00 Å². The maximum Gasteiger partial charge on any atom is 0.251 e. The molecule has 164 valence electrons. The van der Waals surface area contributed by atoms with Crippen LogP contribution in [0.3, 0.4) is 0 Å². The molecule has 2 aliphatic rings. The number of ether oxygens (including phenoxy) is 1. The van der Waals surface area contributed by atoms with Gasteiger partial charge in [-0.3, -0.25) is 4.79 Å². The first-order valence-electron chi connectivity index (χ1n) is 10.6. The number of methoxy groups -OCH3 is 1. The average molecular weight is 449 g/mol. The maximum absolute atomic E-state index is 12.2. The molecule has 1 aliphatic carbocycles. The smallest absolute Gasteiger partial charge is 0.251 e. The third-order valence-electron chi connectivity index (χ3n) is 5.82. The molecule has 5 rings (SSSR count). The highest BCUT2D eigenvalue weighted by molar-refractivity contribution is 7.87. The fourth-order valence-corrected chi connectivity index (χ4v) is 5.01. The largest absolute Gasteiger partial charge is 0.496 e. The minimum absolute atomic E-state index is 0.0429. The highest BCUT2D eigenvalue weighted by Gasteiger charge is 2.28. The lowest BCUT2D eigenvalue weighted by atomic mass is 9.94. The van der Waals surface area contributed by atoms with Gasteiger partial charge in [-0.1, -0.05) is 12.1 Å². The Hall–Kier alpha value is -3.39. The molecule has 1 aliphatic heterocycles. The molecule has 1 aromatic heterocycles. The van der Waals surface area contributed by atoms with E-state index in [4.69, 9.17) is 10.5 Å². The minimum Gasteiger partial charge on any atom is -0.496 e. The Morgan fingerprint density at radius 1 is 1.09 bits per heavy atom. The number of nitrogens with two attached hydrogens (primary N) is 1. The number of fused-ring (bicyclic) bond motifs is 1. The first-order chi connectivity index (χ1) is 15.5. The highest BCUT2D eigenvalue weighted by atomic mass is 32.2. The van der Waals surface area contributed by atoms with Crippen LogP contribution in [0.2, 0.25) is 0 Å². The Morgan fingerprint density at radius 2 is 1.91 bits per heavy atom. The first kappa shape index (κ1) is 20.5. The van der Waals surface area contributed by atoms with Gasteiger partial charge in [-0.05, 0) is 54.7 Å². The quantitative estimate of drug-likeness (QED) is 0.535. The predicted molar refractivity (Wildman–Crippen MR) is 127 cm³/mol. The van der Waals surface area contributed by atoms with E-state index in [-0.39, 0.29) is 11.2 Å². The number of nitrogens with zero attached hydrogens (tertiary/aromatic N) is 1. The standard InChI is InChI=1S/C24H24N4O3S/c1-31-22-12-17(28-32(30)18-4-5-18)3-7-19(22)16-11-21(23(25)27-13-16)14-2-6-20-15(10-14)8-9-26-24(20)29/h2-3,6-7,10-13,18,28H,4-5,8-9H2,1H3,(H2,25,27)(H,26,29). The monoisotopic (exact) mass is 448 g/mol. The molecule has 0 spiro atoms. The van der Waals surface area contributed by atoms with Crippen molar-refractivity contribution in [3.8, 4) is 28.0 Å². The number of aromatic nitrogens is 1. The van der Waals surface area contributed by atoms with E-state index in [0.29, 0.717) is 23.7 Å². The maximum atomic E-state index is 12.2. The summed E-state index contributed by atoms with van der Waals surface area (Å²) in [5, 5.41) is 3.11. The van der Waals surface area contributed by atoms with E-state index in [2.05, 4.69) is 15.0 Å². The zero-order valence-electron chi connectivity index (χ0n) is 17.7. The number of hydrogen-bond acceptors (Lipinski definition) is 5.